The van der Waals surface area contributed by atoms with Gasteiger partial charge in [0, 0.05) is 12.1 Å². The Morgan fingerprint density at radius 2 is 2.30 bits per heavy atom. The van der Waals surface area contributed by atoms with Gasteiger partial charge in [0.1, 0.15) is 6.29 Å². The van der Waals surface area contributed by atoms with Gasteiger partial charge in [-0.15, -0.1) is 0 Å². The van der Waals surface area contributed by atoms with Crippen LogP contribution in [0.5, 0.6) is 0 Å². The number of rotatable bonds is 1. The molecule has 0 aromatic carbocycles. The zero-order valence-electron chi connectivity index (χ0n) is 6.81. The van der Waals surface area contributed by atoms with Crippen molar-refractivity contribution in [3.8, 4) is 0 Å². The molecule has 1 aliphatic rings. The lowest BCUT2D eigenvalue weighted by atomic mass is 10.1. The molecule has 0 spiro atoms. The molecule has 0 radical (unpaired) electrons. The molecule has 0 aromatic heterocycles. The average molecular weight is 144 g/mol. The Balaban J connectivity index is 2.52. The van der Waals surface area contributed by atoms with Gasteiger partial charge < -0.3 is 0 Å². The van der Waals surface area contributed by atoms with Crippen molar-refractivity contribution in [1.29, 1.82) is 0 Å². The van der Waals surface area contributed by atoms with Crippen molar-refractivity contribution in [2.45, 2.75) is 25.7 Å². The van der Waals surface area contributed by atoms with E-state index in [0.717, 1.165) is 6.54 Å². The molecule has 0 aromatic rings. The van der Waals surface area contributed by atoms with Crippen LogP contribution in [0.4, 0.5) is 0 Å². The van der Waals surface area contributed by atoms with Crippen LogP contribution in [-0.4, -0.2) is 30.4 Å². The van der Waals surface area contributed by atoms with E-state index in [1.54, 1.807) is 5.01 Å². The molecule has 0 amide bonds. The third kappa shape index (κ3) is 1.46. The highest BCUT2D eigenvalue weighted by atomic mass is 15.6. The van der Waals surface area contributed by atoms with Gasteiger partial charge in [-0.1, -0.05) is 0 Å². The van der Waals surface area contributed by atoms with Crippen molar-refractivity contribution in [3.63, 3.8) is 0 Å². The fraction of sp³-hybridized carbons (Fsp3) is 1.00. The highest BCUT2D eigenvalue weighted by Gasteiger charge is 2.33. The van der Waals surface area contributed by atoms with Gasteiger partial charge in [-0.3, -0.25) is 16.5 Å². The van der Waals surface area contributed by atoms with E-state index in [4.69, 9.17) is 5.84 Å². The summed E-state index contributed by atoms with van der Waals surface area (Å²) >= 11 is 0. The molecule has 1 saturated heterocycles. The summed E-state index contributed by atoms with van der Waals surface area (Å²) in [6, 6.07) is 0. The normalized spacial score (nSPS) is 33.0. The van der Waals surface area contributed by atoms with E-state index in [1.807, 2.05) is 7.05 Å². The highest BCUT2D eigenvalue weighted by molar-refractivity contribution is 4.89. The van der Waals surface area contributed by atoms with E-state index < -0.39 is 0 Å². The summed E-state index contributed by atoms with van der Waals surface area (Å²) in [5, 5.41) is 8.14. The van der Waals surface area contributed by atoms with Crippen molar-refractivity contribution in [1.82, 2.24) is 15.6 Å². The third-order valence-corrected chi connectivity index (χ3v) is 1.71. The summed E-state index contributed by atoms with van der Waals surface area (Å²) in [5.41, 5.74) is 0.127. The standard InChI is InChI=1S/C6H16N4/c1-6(2)4-10(7)5(8-3)9-6/h5,8-9H,4,7H2,1-3H3. The number of nitrogens with zero attached hydrogens (tertiary/aromatic N) is 1. The molecule has 4 heteroatoms. The number of hydrogen-bond donors (Lipinski definition) is 3. The van der Waals surface area contributed by atoms with Gasteiger partial charge in [0.05, 0.1) is 0 Å². The van der Waals surface area contributed by atoms with E-state index in [-0.39, 0.29) is 11.8 Å². The number of nitrogens with two attached hydrogens (primary N) is 1. The molecule has 1 unspecified atom stereocenters. The first-order valence-corrected chi connectivity index (χ1v) is 3.51. The molecule has 1 rings (SSSR count). The van der Waals surface area contributed by atoms with Gasteiger partial charge in [0.25, 0.3) is 0 Å². The molecule has 1 heterocycles. The number of hydrogen-bond acceptors (Lipinski definition) is 4. The molecular weight excluding hydrogens is 128 g/mol. The van der Waals surface area contributed by atoms with Crippen LogP contribution in [0.25, 0.3) is 0 Å². The smallest absolute Gasteiger partial charge is 0.127 e. The summed E-state index contributed by atoms with van der Waals surface area (Å²) in [6.45, 7) is 5.13. The van der Waals surface area contributed by atoms with Gasteiger partial charge in [-0.05, 0) is 20.9 Å². The number of hydrazine groups is 1. The third-order valence-electron chi connectivity index (χ3n) is 1.71. The van der Waals surface area contributed by atoms with E-state index in [9.17, 15) is 0 Å². The summed E-state index contributed by atoms with van der Waals surface area (Å²) in [5.74, 6) is 5.67. The van der Waals surface area contributed by atoms with Crippen LogP contribution >= 0.6 is 0 Å². The van der Waals surface area contributed by atoms with E-state index in [2.05, 4.69) is 24.5 Å². The predicted molar refractivity (Wildman–Crippen MR) is 41.0 cm³/mol. The van der Waals surface area contributed by atoms with E-state index in [1.165, 1.54) is 0 Å². The van der Waals surface area contributed by atoms with Gasteiger partial charge in [-0.2, -0.15) is 0 Å². The molecule has 10 heavy (non-hydrogen) atoms. The Morgan fingerprint density at radius 1 is 1.70 bits per heavy atom. The second-order valence-corrected chi connectivity index (χ2v) is 3.39. The second-order valence-electron chi connectivity index (χ2n) is 3.39. The lowest BCUT2D eigenvalue weighted by Gasteiger charge is -2.18. The first kappa shape index (κ1) is 7.94. The highest BCUT2D eigenvalue weighted by Crippen LogP contribution is 2.11. The van der Waals surface area contributed by atoms with Crippen LogP contribution in [0.3, 0.4) is 0 Å². The van der Waals surface area contributed by atoms with Gasteiger partial charge in [-0.25, -0.2) is 5.01 Å². The van der Waals surface area contributed by atoms with E-state index >= 15 is 0 Å². The lowest BCUT2D eigenvalue weighted by Crippen LogP contribution is -2.50. The molecule has 0 saturated carbocycles. The molecule has 1 atom stereocenters. The summed E-state index contributed by atoms with van der Waals surface area (Å²) < 4.78 is 0. The molecular formula is C6H16N4. The molecule has 4 nitrogen and oxygen atoms in total. The van der Waals surface area contributed by atoms with Crippen molar-refractivity contribution in [2.75, 3.05) is 13.6 Å². The zero-order chi connectivity index (χ0) is 7.78. The maximum absolute atomic E-state index is 5.67. The SMILES string of the molecule is CNC1NC(C)(C)CN1N. The molecule has 1 fully saturated rings. The minimum Gasteiger partial charge on any atom is -0.292 e. The average Bonchev–Trinajstić information content (AvgIpc) is 2.05. The molecule has 60 valence electrons. The largest absolute Gasteiger partial charge is 0.292 e. The van der Waals surface area contributed by atoms with Gasteiger partial charge in [0.15, 0.2) is 0 Å². The lowest BCUT2D eigenvalue weighted by molar-refractivity contribution is 0.220. The van der Waals surface area contributed by atoms with Gasteiger partial charge in [0.2, 0.25) is 0 Å². The summed E-state index contributed by atoms with van der Waals surface area (Å²) in [6.07, 6.45) is 0.120. The van der Waals surface area contributed by atoms with Crippen LogP contribution in [0.2, 0.25) is 0 Å². The topological polar surface area (TPSA) is 53.3 Å². The van der Waals surface area contributed by atoms with Crippen LogP contribution in [0, 0.1) is 0 Å². The fourth-order valence-electron chi connectivity index (χ4n) is 1.28. The van der Waals surface area contributed by atoms with Crippen molar-refractivity contribution < 1.29 is 0 Å². The Bertz CT molecular complexity index is 123. The maximum Gasteiger partial charge on any atom is 0.127 e. The molecule has 4 N–H and O–H groups in total. The zero-order valence-corrected chi connectivity index (χ0v) is 6.81. The fourth-order valence-corrected chi connectivity index (χ4v) is 1.28. The molecule has 0 bridgehead atoms. The Hall–Kier alpha value is -0.160. The van der Waals surface area contributed by atoms with Crippen LogP contribution < -0.4 is 16.5 Å². The minimum absolute atomic E-state index is 0.120. The predicted octanol–water partition coefficient (Wildman–Crippen LogP) is -0.953. The Labute approximate surface area is 61.7 Å². The minimum atomic E-state index is 0.120. The first-order valence-electron chi connectivity index (χ1n) is 3.51. The van der Waals surface area contributed by atoms with Crippen molar-refractivity contribution in [2.24, 2.45) is 5.84 Å². The Morgan fingerprint density at radius 3 is 2.50 bits per heavy atom. The van der Waals surface area contributed by atoms with Gasteiger partial charge >= 0.3 is 0 Å². The second kappa shape index (κ2) is 2.47. The Kier molecular flexibility index (Phi) is 1.96. The summed E-state index contributed by atoms with van der Waals surface area (Å²) in [4.78, 5) is 0. The van der Waals surface area contributed by atoms with Crippen LogP contribution in [0.15, 0.2) is 0 Å². The van der Waals surface area contributed by atoms with Crippen LogP contribution in [0.1, 0.15) is 13.8 Å². The maximum atomic E-state index is 5.67. The monoisotopic (exact) mass is 144 g/mol. The van der Waals surface area contributed by atoms with Crippen LogP contribution in [-0.2, 0) is 0 Å². The first-order chi connectivity index (χ1) is 4.55. The van der Waals surface area contributed by atoms with E-state index in [0.29, 0.717) is 0 Å². The van der Waals surface area contributed by atoms with Crippen molar-refractivity contribution >= 4 is 0 Å². The number of nitrogens with one attached hydrogen (secondary N) is 2. The quantitative estimate of drug-likeness (QED) is 0.415. The molecule has 1 aliphatic heterocycles. The molecule has 0 aliphatic carbocycles. The van der Waals surface area contributed by atoms with Crippen molar-refractivity contribution in [3.05, 3.63) is 0 Å². The summed E-state index contributed by atoms with van der Waals surface area (Å²) in [7, 11) is 1.89.